The van der Waals surface area contributed by atoms with Gasteiger partial charge in [-0.15, -0.1) is 0 Å². The van der Waals surface area contributed by atoms with Crippen molar-refractivity contribution in [3.63, 3.8) is 0 Å². The van der Waals surface area contributed by atoms with Crippen LogP contribution in [-0.4, -0.2) is 11.3 Å². The zero-order chi connectivity index (χ0) is 18.2. The lowest BCUT2D eigenvalue weighted by atomic mass is 10.2. The first-order chi connectivity index (χ1) is 12.7. The van der Waals surface area contributed by atoms with E-state index in [2.05, 4.69) is 15.8 Å². The van der Waals surface area contributed by atoms with Gasteiger partial charge in [0.25, 0.3) is 0 Å². The van der Waals surface area contributed by atoms with Crippen molar-refractivity contribution in [3.8, 4) is 11.5 Å². The zero-order valence-electron chi connectivity index (χ0n) is 14.3. The predicted octanol–water partition coefficient (Wildman–Crippen LogP) is 5.11. The Balaban J connectivity index is 1.57. The summed E-state index contributed by atoms with van der Waals surface area (Å²) >= 11 is 5.26. The average molecular weight is 361 g/mol. The van der Waals surface area contributed by atoms with Crippen LogP contribution in [0.15, 0.2) is 84.0 Å². The summed E-state index contributed by atoms with van der Waals surface area (Å²) in [5, 5.41) is 7.74. The number of hydrogen-bond donors (Lipinski definition) is 2. The molecule has 130 valence electrons. The quantitative estimate of drug-likeness (QED) is 0.377. The second-order valence-corrected chi connectivity index (χ2v) is 6.03. The predicted molar refractivity (Wildman–Crippen MR) is 111 cm³/mol. The highest BCUT2D eigenvalue weighted by Crippen LogP contribution is 2.21. The number of ether oxygens (including phenoxy) is 1. The minimum absolute atomic E-state index is 0.437. The van der Waals surface area contributed by atoms with E-state index >= 15 is 0 Å². The molecular weight excluding hydrogens is 342 g/mol. The Morgan fingerprint density at radius 3 is 2.46 bits per heavy atom. The molecule has 0 saturated carbocycles. The van der Waals surface area contributed by atoms with E-state index in [-0.39, 0.29) is 0 Å². The highest BCUT2D eigenvalue weighted by Gasteiger charge is 2.00. The van der Waals surface area contributed by atoms with Crippen LogP contribution >= 0.6 is 12.2 Å². The monoisotopic (exact) mass is 361 g/mol. The maximum atomic E-state index is 5.82. The SMILES string of the molecule is Cc1ccccc1NC(=S)N/N=C\c1cccc(Oc2ccccc2)c1. The molecule has 0 saturated heterocycles. The van der Waals surface area contributed by atoms with E-state index in [0.29, 0.717) is 5.11 Å². The Labute approximate surface area is 158 Å². The molecule has 26 heavy (non-hydrogen) atoms. The summed E-state index contributed by atoms with van der Waals surface area (Å²) in [5.74, 6) is 1.55. The van der Waals surface area contributed by atoms with Crippen LogP contribution in [0, 0.1) is 6.92 Å². The topological polar surface area (TPSA) is 45.7 Å². The molecular formula is C21H19N3OS. The third-order valence-corrected chi connectivity index (χ3v) is 3.80. The fourth-order valence-electron chi connectivity index (χ4n) is 2.31. The molecule has 4 nitrogen and oxygen atoms in total. The van der Waals surface area contributed by atoms with Gasteiger partial charge >= 0.3 is 0 Å². The Morgan fingerprint density at radius 2 is 1.65 bits per heavy atom. The third-order valence-electron chi connectivity index (χ3n) is 3.61. The third kappa shape index (κ3) is 5.16. The van der Waals surface area contributed by atoms with Gasteiger partial charge in [0.1, 0.15) is 11.5 Å². The van der Waals surface area contributed by atoms with Crippen LogP contribution in [0.4, 0.5) is 5.69 Å². The summed E-state index contributed by atoms with van der Waals surface area (Å²) in [6.45, 7) is 2.02. The van der Waals surface area contributed by atoms with Crippen LogP contribution in [0.25, 0.3) is 0 Å². The standard InChI is InChI=1S/C21H19N3OS/c1-16-8-5-6-13-20(16)23-21(26)24-22-15-17-9-7-12-19(14-17)25-18-10-3-2-4-11-18/h2-15H,1H3,(H2,23,24,26)/b22-15-. The molecule has 3 rings (SSSR count). The number of para-hydroxylation sites is 2. The molecule has 0 aliphatic carbocycles. The van der Waals surface area contributed by atoms with Gasteiger partial charge in [-0.3, -0.25) is 5.43 Å². The van der Waals surface area contributed by atoms with Crippen LogP contribution in [0.2, 0.25) is 0 Å². The lowest BCUT2D eigenvalue weighted by molar-refractivity contribution is 0.482. The van der Waals surface area contributed by atoms with Crippen molar-refractivity contribution in [3.05, 3.63) is 90.0 Å². The molecule has 0 bridgehead atoms. The largest absolute Gasteiger partial charge is 0.457 e. The Bertz CT molecular complexity index is 910. The normalized spacial score (nSPS) is 10.5. The summed E-state index contributed by atoms with van der Waals surface area (Å²) in [6, 6.07) is 25.3. The molecule has 3 aromatic carbocycles. The lowest BCUT2D eigenvalue weighted by Gasteiger charge is -2.09. The van der Waals surface area contributed by atoms with Crippen molar-refractivity contribution in [1.29, 1.82) is 0 Å². The van der Waals surface area contributed by atoms with Gasteiger partial charge in [-0.25, -0.2) is 0 Å². The van der Waals surface area contributed by atoms with Gasteiger partial charge in [0.05, 0.1) is 6.21 Å². The molecule has 0 atom stereocenters. The molecule has 0 amide bonds. The molecule has 5 heteroatoms. The van der Waals surface area contributed by atoms with Gasteiger partial charge in [-0.1, -0.05) is 48.5 Å². The van der Waals surface area contributed by atoms with Crippen LogP contribution in [0.5, 0.6) is 11.5 Å². The summed E-state index contributed by atoms with van der Waals surface area (Å²) in [5.41, 5.74) is 5.81. The van der Waals surface area contributed by atoms with Crippen molar-refractivity contribution < 1.29 is 4.74 Å². The summed E-state index contributed by atoms with van der Waals surface area (Å²) in [7, 11) is 0. The van der Waals surface area contributed by atoms with E-state index in [9.17, 15) is 0 Å². The summed E-state index contributed by atoms with van der Waals surface area (Å²) in [4.78, 5) is 0. The van der Waals surface area contributed by atoms with Gasteiger partial charge in [0.15, 0.2) is 5.11 Å². The first-order valence-corrected chi connectivity index (χ1v) is 8.60. The number of nitrogens with one attached hydrogen (secondary N) is 2. The first-order valence-electron chi connectivity index (χ1n) is 8.19. The fourth-order valence-corrected chi connectivity index (χ4v) is 2.47. The average Bonchev–Trinajstić information content (AvgIpc) is 2.65. The number of rotatable bonds is 5. The molecule has 0 aromatic heterocycles. The van der Waals surface area contributed by atoms with Crippen LogP contribution < -0.4 is 15.5 Å². The second-order valence-electron chi connectivity index (χ2n) is 5.63. The van der Waals surface area contributed by atoms with Crippen LogP contribution in [-0.2, 0) is 0 Å². The molecule has 0 spiro atoms. The van der Waals surface area contributed by atoms with Crippen LogP contribution in [0.3, 0.4) is 0 Å². The van der Waals surface area contributed by atoms with Crippen molar-refractivity contribution in [2.45, 2.75) is 6.92 Å². The molecule has 0 aliphatic rings. The Kier molecular flexibility index (Phi) is 5.96. The number of nitrogens with zero attached hydrogens (tertiary/aromatic N) is 1. The Hall–Kier alpha value is -3.18. The summed E-state index contributed by atoms with van der Waals surface area (Å²) in [6.07, 6.45) is 1.70. The zero-order valence-corrected chi connectivity index (χ0v) is 15.2. The van der Waals surface area contributed by atoms with Gasteiger partial charge in [0, 0.05) is 5.69 Å². The minimum atomic E-state index is 0.437. The van der Waals surface area contributed by atoms with Crippen molar-refractivity contribution in [2.24, 2.45) is 5.10 Å². The number of hydrogen-bond acceptors (Lipinski definition) is 3. The number of anilines is 1. The van der Waals surface area contributed by atoms with Crippen molar-refractivity contribution in [1.82, 2.24) is 5.43 Å². The number of benzene rings is 3. The van der Waals surface area contributed by atoms with E-state index in [1.807, 2.05) is 85.8 Å². The number of aryl methyl sites for hydroxylation is 1. The molecule has 0 aliphatic heterocycles. The molecule has 2 N–H and O–H groups in total. The van der Waals surface area contributed by atoms with Gasteiger partial charge < -0.3 is 10.1 Å². The van der Waals surface area contributed by atoms with Crippen LogP contribution in [0.1, 0.15) is 11.1 Å². The molecule has 3 aromatic rings. The molecule has 0 unspecified atom stereocenters. The number of hydrazone groups is 1. The maximum Gasteiger partial charge on any atom is 0.191 e. The van der Waals surface area contributed by atoms with E-state index in [1.165, 1.54) is 0 Å². The molecule has 0 fully saturated rings. The Morgan fingerprint density at radius 1 is 0.923 bits per heavy atom. The maximum absolute atomic E-state index is 5.82. The highest BCUT2D eigenvalue weighted by atomic mass is 32.1. The fraction of sp³-hybridized carbons (Fsp3) is 0.0476. The lowest BCUT2D eigenvalue weighted by Crippen LogP contribution is -2.24. The van der Waals surface area contributed by atoms with Gasteiger partial charge in [0.2, 0.25) is 0 Å². The number of thiocarbonyl (C=S) groups is 1. The first kappa shape index (κ1) is 17.6. The summed E-state index contributed by atoms with van der Waals surface area (Å²) < 4.78 is 5.82. The smallest absolute Gasteiger partial charge is 0.191 e. The van der Waals surface area contributed by atoms with Crippen molar-refractivity contribution in [2.75, 3.05) is 5.32 Å². The highest BCUT2D eigenvalue weighted by molar-refractivity contribution is 7.80. The van der Waals surface area contributed by atoms with E-state index in [4.69, 9.17) is 17.0 Å². The van der Waals surface area contributed by atoms with Gasteiger partial charge in [-0.2, -0.15) is 5.10 Å². The van der Waals surface area contributed by atoms with E-state index in [1.54, 1.807) is 6.21 Å². The van der Waals surface area contributed by atoms with Crippen molar-refractivity contribution >= 4 is 29.2 Å². The van der Waals surface area contributed by atoms with E-state index < -0.39 is 0 Å². The van der Waals surface area contributed by atoms with Gasteiger partial charge in [-0.05, 0) is 60.6 Å². The molecule has 0 heterocycles. The minimum Gasteiger partial charge on any atom is -0.457 e. The van der Waals surface area contributed by atoms with E-state index in [0.717, 1.165) is 28.3 Å². The second kappa shape index (κ2) is 8.78. The molecule has 0 radical (unpaired) electrons.